The Bertz CT molecular complexity index is 864. The van der Waals surface area contributed by atoms with E-state index in [0.717, 1.165) is 51.5 Å². The van der Waals surface area contributed by atoms with Crippen molar-refractivity contribution in [1.29, 1.82) is 5.41 Å². The van der Waals surface area contributed by atoms with Gasteiger partial charge in [-0.2, -0.15) is 0 Å². The lowest BCUT2D eigenvalue weighted by Gasteiger charge is -2.43. The van der Waals surface area contributed by atoms with Crippen molar-refractivity contribution in [2.45, 2.75) is 89.6 Å². The second-order valence-corrected chi connectivity index (χ2v) is 12.4. The van der Waals surface area contributed by atoms with E-state index in [2.05, 4.69) is 12.2 Å². The Morgan fingerprint density at radius 1 is 1.09 bits per heavy atom. The molecule has 3 fully saturated rings. The number of thiazole rings is 1. The van der Waals surface area contributed by atoms with Crippen LogP contribution in [-0.4, -0.2) is 49.6 Å². The minimum absolute atomic E-state index is 0.0116. The lowest BCUT2D eigenvalue weighted by molar-refractivity contribution is -0.128. The fourth-order valence-electron chi connectivity index (χ4n) is 7.24. The fraction of sp³-hybridized carbons (Fsp3) is 0.852. The van der Waals surface area contributed by atoms with Crippen molar-refractivity contribution in [2.75, 3.05) is 20.8 Å². The van der Waals surface area contributed by atoms with Crippen LogP contribution in [0.2, 0.25) is 0 Å². The smallest absolute Gasteiger partial charge is 0.223 e. The predicted octanol–water partition coefficient (Wildman–Crippen LogP) is 4.78. The van der Waals surface area contributed by atoms with Crippen molar-refractivity contribution in [2.24, 2.45) is 35.5 Å². The topological polar surface area (TPSA) is 76.3 Å². The number of methoxy groups -OCH3 is 2. The van der Waals surface area contributed by atoms with Gasteiger partial charge in [0.05, 0.1) is 12.2 Å². The van der Waals surface area contributed by atoms with Gasteiger partial charge in [-0.25, -0.2) is 4.39 Å². The van der Waals surface area contributed by atoms with Crippen LogP contribution in [0.4, 0.5) is 4.39 Å². The average molecular weight is 510 g/mol. The maximum absolute atomic E-state index is 14.0. The summed E-state index contributed by atoms with van der Waals surface area (Å²) in [5, 5.41) is 13.4. The molecule has 6 nitrogen and oxygen atoms in total. The average Bonchev–Trinajstić information content (AvgIpc) is 3.26. The van der Waals surface area contributed by atoms with E-state index in [4.69, 9.17) is 14.9 Å². The number of carbonyl (C=O) groups is 1. The van der Waals surface area contributed by atoms with Crippen LogP contribution in [0.3, 0.4) is 0 Å². The molecule has 0 aliphatic heterocycles. The summed E-state index contributed by atoms with van der Waals surface area (Å²) in [6, 6.07) is 0. The fourth-order valence-corrected chi connectivity index (χ4v) is 7.85. The highest BCUT2D eigenvalue weighted by Gasteiger charge is 2.40. The number of alkyl halides is 1. The third kappa shape index (κ3) is 6.95. The molecule has 3 aliphatic rings. The SMILES string of the molecule is COC1CC(CNC(=O)C2CC(Cn3ccsc3=N)CC(C3CCC(F)CC3C)C2)CC(OC)C1. The van der Waals surface area contributed by atoms with Crippen molar-refractivity contribution < 1.29 is 18.7 Å². The highest BCUT2D eigenvalue weighted by molar-refractivity contribution is 7.06. The summed E-state index contributed by atoms with van der Waals surface area (Å²) < 4.78 is 27.3. The summed E-state index contributed by atoms with van der Waals surface area (Å²) >= 11 is 1.45. The van der Waals surface area contributed by atoms with Gasteiger partial charge in [0.25, 0.3) is 0 Å². The van der Waals surface area contributed by atoms with Crippen LogP contribution in [0.25, 0.3) is 0 Å². The molecule has 3 saturated carbocycles. The molecule has 0 saturated heterocycles. The van der Waals surface area contributed by atoms with Gasteiger partial charge in [-0.05, 0) is 87.4 Å². The third-order valence-electron chi connectivity index (χ3n) is 9.08. The summed E-state index contributed by atoms with van der Waals surface area (Å²) in [5.41, 5.74) is 0. The number of halogens is 1. The molecule has 0 aromatic carbocycles. The number of ether oxygens (including phenoxy) is 2. The zero-order valence-corrected chi connectivity index (χ0v) is 22.4. The molecular weight excluding hydrogens is 465 g/mol. The van der Waals surface area contributed by atoms with Crippen molar-refractivity contribution in [3.05, 3.63) is 16.4 Å². The van der Waals surface area contributed by atoms with Crippen molar-refractivity contribution in [3.63, 3.8) is 0 Å². The van der Waals surface area contributed by atoms with Gasteiger partial charge in [-0.15, -0.1) is 11.3 Å². The quantitative estimate of drug-likeness (QED) is 0.529. The first-order chi connectivity index (χ1) is 16.9. The van der Waals surface area contributed by atoms with Crippen LogP contribution < -0.4 is 10.1 Å². The number of hydrogen-bond acceptors (Lipinski definition) is 5. The van der Waals surface area contributed by atoms with E-state index in [-0.39, 0.29) is 24.0 Å². The summed E-state index contributed by atoms with van der Waals surface area (Å²) in [6.07, 6.45) is 9.61. The van der Waals surface area contributed by atoms with Crippen LogP contribution >= 0.6 is 11.3 Å². The first-order valence-electron chi connectivity index (χ1n) is 13.5. The third-order valence-corrected chi connectivity index (χ3v) is 9.79. The minimum Gasteiger partial charge on any atom is -0.381 e. The number of carbonyl (C=O) groups excluding carboxylic acids is 1. The summed E-state index contributed by atoms with van der Waals surface area (Å²) in [7, 11) is 3.51. The lowest BCUT2D eigenvalue weighted by Crippen LogP contribution is -2.43. The minimum atomic E-state index is -0.672. The first kappa shape index (κ1) is 26.8. The molecule has 0 bridgehead atoms. The van der Waals surface area contributed by atoms with Crippen LogP contribution in [0.1, 0.15) is 64.7 Å². The normalized spacial score (nSPS) is 38.2. The Hall–Kier alpha value is -1.25. The standard InChI is InChI=1S/C27H44FN3O3S/c1-17-8-22(28)4-5-25(17)20-9-19(16-31-6-7-35-27(31)29)10-21(13-20)26(32)30-15-18-11-23(33-2)14-24(12-18)34-3/h6-7,17-25,29H,4-5,8-16H2,1-3H3,(H,30,32). The number of nitrogens with zero attached hydrogens (tertiary/aromatic N) is 1. The van der Waals surface area contributed by atoms with Gasteiger partial charge in [-0.1, -0.05) is 6.92 Å². The maximum Gasteiger partial charge on any atom is 0.223 e. The lowest BCUT2D eigenvalue weighted by atomic mass is 9.63. The number of aromatic nitrogens is 1. The second-order valence-electron chi connectivity index (χ2n) is 11.5. The van der Waals surface area contributed by atoms with E-state index in [9.17, 15) is 9.18 Å². The van der Waals surface area contributed by atoms with Gasteiger partial charge in [0.15, 0.2) is 4.80 Å². The van der Waals surface area contributed by atoms with Crippen molar-refractivity contribution in [1.82, 2.24) is 9.88 Å². The molecule has 1 heterocycles. The molecule has 4 rings (SSSR count). The molecular formula is C27H44FN3O3S. The molecule has 3 aliphatic carbocycles. The highest BCUT2D eigenvalue weighted by Crippen LogP contribution is 2.45. The molecule has 8 unspecified atom stereocenters. The Morgan fingerprint density at radius 3 is 2.46 bits per heavy atom. The predicted molar refractivity (Wildman–Crippen MR) is 136 cm³/mol. The van der Waals surface area contributed by atoms with Gasteiger partial charge in [0, 0.05) is 44.8 Å². The second kappa shape index (κ2) is 12.3. The number of rotatable bonds is 8. The Labute approximate surface area is 213 Å². The zero-order chi connectivity index (χ0) is 24.9. The molecule has 1 amide bonds. The molecule has 2 N–H and O–H groups in total. The van der Waals surface area contributed by atoms with E-state index in [1.54, 1.807) is 14.2 Å². The van der Waals surface area contributed by atoms with Crippen molar-refractivity contribution >= 4 is 17.2 Å². The molecule has 0 spiro atoms. The molecule has 8 atom stereocenters. The van der Waals surface area contributed by atoms with E-state index >= 15 is 0 Å². The van der Waals surface area contributed by atoms with Crippen LogP contribution in [0, 0.1) is 40.9 Å². The van der Waals surface area contributed by atoms with Crippen LogP contribution in [-0.2, 0) is 20.8 Å². The molecule has 0 radical (unpaired) electrons. The van der Waals surface area contributed by atoms with Crippen LogP contribution in [0.5, 0.6) is 0 Å². The van der Waals surface area contributed by atoms with Gasteiger partial charge in [0.2, 0.25) is 5.91 Å². The van der Waals surface area contributed by atoms with Crippen molar-refractivity contribution in [3.8, 4) is 0 Å². The number of nitrogens with one attached hydrogen (secondary N) is 2. The number of hydrogen-bond donors (Lipinski definition) is 2. The van der Waals surface area contributed by atoms with Crippen LogP contribution in [0.15, 0.2) is 11.6 Å². The number of amides is 1. The van der Waals surface area contributed by atoms with Gasteiger partial charge < -0.3 is 19.4 Å². The first-order valence-corrected chi connectivity index (χ1v) is 14.4. The largest absolute Gasteiger partial charge is 0.381 e. The molecule has 1 aromatic rings. The Morgan fingerprint density at radius 2 is 1.83 bits per heavy atom. The van der Waals surface area contributed by atoms with Gasteiger partial charge in [-0.3, -0.25) is 10.2 Å². The molecule has 1 aromatic heterocycles. The summed E-state index contributed by atoms with van der Waals surface area (Å²) in [6.45, 7) is 3.67. The zero-order valence-electron chi connectivity index (χ0n) is 21.6. The van der Waals surface area contributed by atoms with Gasteiger partial charge in [0.1, 0.15) is 6.17 Å². The summed E-state index contributed by atoms with van der Waals surface area (Å²) in [5.74, 6) is 2.20. The molecule has 198 valence electrons. The summed E-state index contributed by atoms with van der Waals surface area (Å²) in [4.78, 5) is 14.0. The monoisotopic (exact) mass is 509 g/mol. The maximum atomic E-state index is 14.0. The van der Waals surface area contributed by atoms with E-state index in [1.807, 2.05) is 16.1 Å². The Balaban J connectivity index is 1.41. The van der Waals surface area contributed by atoms with E-state index in [1.165, 1.54) is 11.3 Å². The van der Waals surface area contributed by atoms with E-state index < -0.39 is 6.17 Å². The molecule has 35 heavy (non-hydrogen) atoms. The van der Waals surface area contributed by atoms with Gasteiger partial charge >= 0.3 is 0 Å². The van der Waals surface area contributed by atoms with E-state index in [0.29, 0.717) is 53.8 Å². The highest BCUT2D eigenvalue weighted by atomic mass is 32.1. The Kier molecular flexibility index (Phi) is 9.44. The molecule has 8 heteroatoms.